The largest absolute Gasteiger partial charge is 0.381 e. The van der Waals surface area contributed by atoms with Crippen LogP contribution in [0.2, 0.25) is 0 Å². The lowest BCUT2D eigenvalue weighted by atomic mass is 10.1. The molecule has 1 amide bonds. The first-order valence-electron chi connectivity index (χ1n) is 7.43. The lowest BCUT2D eigenvalue weighted by Gasteiger charge is -2.15. The maximum Gasteiger partial charge on any atom is 0.237 e. The van der Waals surface area contributed by atoms with E-state index in [-0.39, 0.29) is 11.9 Å². The Labute approximate surface area is 111 Å². The molecule has 0 aliphatic carbocycles. The quantitative estimate of drug-likeness (QED) is 0.652. The zero-order valence-corrected chi connectivity index (χ0v) is 11.7. The molecule has 4 nitrogen and oxygen atoms in total. The zero-order chi connectivity index (χ0) is 13.1. The summed E-state index contributed by atoms with van der Waals surface area (Å²) in [6, 6.07) is 0.0218. The minimum Gasteiger partial charge on any atom is -0.381 e. The van der Waals surface area contributed by atoms with Gasteiger partial charge in [0.15, 0.2) is 0 Å². The summed E-state index contributed by atoms with van der Waals surface area (Å²) >= 11 is 0. The lowest BCUT2D eigenvalue weighted by molar-refractivity contribution is -0.123. The fourth-order valence-electron chi connectivity index (χ4n) is 2.11. The normalized spacial score (nSPS) is 20.4. The molecule has 1 aliphatic rings. The first-order valence-corrected chi connectivity index (χ1v) is 7.43. The number of hydrogen-bond donors (Lipinski definition) is 2. The van der Waals surface area contributed by atoms with Crippen molar-refractivity contribution in [2.45, 2.75) is 57.9 Å². The third kappa shape index (κ3) is 6.97. The maximum absolute atomic E-state index is 11.9. The number of hydrogen-bond acceptors (Lipinski definition) is 3. The second-order valence-electron chi connectivity index (χ2n) is 4.97. The molecular weight excluding hydrogens is 228 g/mol. The second-order valence-corrected chi connectivity index (χ2v) is 4.97. The highest BCUT2D eigenvalue weighted by Gasteiger charge is 2.18. The van der Waals surface area contributed by atoms with Gasteiger partial charge in [-0.25, -0.2) is 0 Å². The van der Waals surface area contributed by atoms with Gasteiger partial charge < -0.3 is 15.4 Å². The standard InChI is InChI=1S/C14H28N2O2/c1-2-3-11-18-12-7-10-16-14(17)13-8-5-4-6-9-15-13/h13,15H,2-12H2,1H3,(H,16,17). The van der Waals surface area contributed by atoms with E-state index >= 15 is 0 Å². The molecule has 18 heavy (non-hydrogen) atoms. The Kier molecular flexibility index (Phi) is 8.86. The van der Waals surface area contributed by atoms with Gasteiger partial charge in [0.25, 0.3) is 0 Å². The monoisotopic (exact) mass is 256 g/mol. The van der Waals surface area contributed by atoms with Crippen molar-refractivity contribution < 1.29 is 9.53 Å². The van der Waals surface area contributed by atoms with Crippen molar-refractivity contribution >= 4 is 5.91 Å². The molecule has 1 heterocycles. The molecular formula is C14H28N2O2. The molecule has 0 aromatic heterocycles. The predicted octanol–water partition coefficient (Wildman–Crippen LogP) is 1.84. The van der Waals surface area contributed by atoms with Crippen LogP contribution in [0.15, 0.2) is 0 Å². The Hall–Kier alpha value is -0.610. The minimum atomic E-state index is 0.0218. The maximum atomic E-state index is 11.9. The van der Waals surface area contributed by atoms with Crippen LogP contribution in [0.3, 0.4) is 0 Å². The van der Waals surface area contributed by atoms with E-state index in [0.717, 1.165) is 52.0 Å². The third-order valence-corrected chi connectivity index (χ3v) is 3.28. The van der Waals surface area contributed by atoms with Crippen molar-refractivity contribution in [3.8, 4) is 0 Å². The van der Waals surface area contributed by atoms with Gasteiger partial charge in [0, 0.05) is 19.8 Å². The predicted molar refractivity (Wildman–Crippen MR) is 73.6 cm³/mol. The van der Waals surface area contributed by atoms with Gasteiger partial charge in [-0.3, -0.25) is 4.79 Å². The Balaban J connectivity index is 1.98. The molecule has 1 rings (SSSR count). The van der Waals surface area contributed by atoms with Gasteiger partial charge in [0.1, 0.15) is 0 Å². The van der Waals surface area contributed by atoms with Crippen molar-refractivity contribution in [1.29, 1.82) is 0 Å². The fourth-order valence-corrected chi connectivity index (χ4v) is 2.11. The Bertz CT molecular complexity index is 214. The van der Waals surface area contributed by atoms with Crippen LogP contribution in [0, 0.1) is 0 Å². The summed E-state index contributed by atoms with van der Waals surface area (Å²) in [6.07, 6.45) is 7.76. The average Bonchev–Trinajstić information content (AvgIpc) is 2.66. The van der Waals surface area contributed by atoms with Gasteiger partial charge in [-0.2, -0.15) is 0 Å². The van der Waals surface area contributed by atoms with Crippen molar-refractivity contribution in [2.24, 2.45) is 0 Å². The first-order chi connectivity index (χ1) is 8.84. The summed E-state index contributed by atoms with van der Waals surface area (Å²) in [5.41, 5.74) is 0. The highest BCUT2D eigenvalue weighted by Crippen LogP contribution is 2.08. The number of amides is 1. The molecule has 1 saturated heterocycles. The third-order valence-electron chi connectivity index (χ3n) is 3.28. The molecule has 2 N–H and O–H groups in total. The number of carbonyl (C=O) groups is 1. The summed E-state index contributed by atoms with van der Waals surface area (Å²) in [4.78, 5) is 11.9. The van der Waals surface area contributed by atoms with Gasteiger partial charge in [0.05, 0.1) is 6.04 Å². The highest BCUT2D eigenvalue weighted by molar-refractivity contribution is 5.81. The van der Waals surface area contributed by atoms with Crippen molar-refractivity contribution in [1.82, 2.24) is 10.6 Å². The van der Waals surface area contributed by atoms with Crippen LogP contribution in [0.5, 0.6) is 0 Å². The molecule has 1 unspecified atom stereocenters. The fraction of sp³-hybridized carbons (Fsp3) is 0.929. The summed E-state index contributed by atoms with van der Waals surface area (Å²) in [5.74, 6) is 0.158. The van der Waals surface area contributed by atoms with Crippen molar-refractivity contribution in [3.05, 3.63) is 0 Å². The average molecular weight is 256 g/mol. The number of ether oxygens (including phenoxy) is 1. The summed E-state index contributed by atoms with van der Waals surface area (Å²) in [7, 11) is 0. The van der Waals surface area contributed by atoms with E-state index in [1.807, 2.05) is 0 Å². The lowest BCUT2D eigenvalue weighted by Crippen LogP contribution is -2.44. The first kappa shape index (κ1) is 15.4. The Morgan fingerprint density at radius 2 is 2.11 bits per heavy atom. The molecule has 106 valence electrons. The number of unbranched alkanes of at least 4 members (excludes halogenated alkanes) is 1. The molecule has 0 radical (unpaired) electrons. The zero-order valence-electron chi connectivity index (χ0n) is 11.7. The van der Waals surface area contributed by atoms with Gasteiger partial charge in [0.2, 0.25) is 5.91 Å². The van der Waals surface area contributed by atoms with Gasteiger partial charge >= 0.3 is 0 Å². The molecule has 1 fully saturated rings. The van der Waals surface area contributed by atoms with Gasteiger partial charge in [-0.1, -0.05) is 26.2 Å². The summed E-state index contributed by atoms with van der Waals surface area (Å²) in [5, 5.41) is 6.30. The van der Waals surface area contributed by atoms with Crippen LogP contribution in [-0.4, -0.2) is 38.3 Å². The molecule has 4 heteroatoms. The summed E-state index contributed by atoms with van der Waals surface area (Å²) in [6.45, 7) is 5.44. The van der Waals surface area contributed by atoms with Crippen LogP contribution < -0.4 is 10.6 Å². The highest BCUT2D eigenvalue weighted by atomic mass is 16.5. The Morgan fingerprint density at radius 1 is 1.28 bits per heavy atom. The molecule has 0 bridgehead atoms. The van der Waals surface area contributed by atoms with Crippen LogP contribution in [-0.2, 0) is 9.53 Å². The van der Waals surface area contributed by atoms with Gasteiger partial charge in [-0.05, 0) is 32.2 Å². The van der Waals surface area contributed by atoms with E-state index in [1.165, 1.54) is 19.3 Å². The van der Waals surface area contributed by atoms with E-state index < -0.39 is 0 Å². The molecule has 0 saturated carbocycles. The van der Waals surface area contributed by atoms with E-state index in [2.05, 4.69) is 17.6 Å². The van der Waals surface area contributed by atoms with Crippen molar-refractivity contribution in [2.75, 3.05) is 26.3 Å². The van der Waals surface area contributed by atoms with Crippen LogP contribution >= 0.6 is 0 Å². The molecule has 1 aliphatic heterocycles. The number of rotatable bonds is 8. The van der Waals surface area contributed by atoms with Gasteiger partial charge in [-0.15, -0.1) is 0 Å². The topological polar surface area (TPSA) is 50.4 Å². The molecule has 0 spiro atoms. The molecule has 1 atom stereocenters. The van der Waals surface area contributed by atoms with E-state index in [1.54, 1.807) is 0 Å². The molecule has 0 aromatic rings. The minimum absolute atomic E-state index is 0.0218. The van der Waals surface area contributed by atoms with Crippen LogP contribution in [0.25, 0.3) is 0 Å². The number of nitrogens with one attached hydrogen (secondary N) is 2. The Morgan fingerprint density at radius 3 is 2.94 bits per heavy atom. The second kappa shape index (κ2) is 10.3. The van der Waals surface area contributed by atoms with Crippen LogP contribution in [0.4, 0.5) is 0 Å². The summed E-state index contributed by atoms with van der Waals surface area (Å²) < 4.78 is 5.45. The van der Waals surface area contributed by atoms with E-state index in [0.29, 0.717) is 0 Å². The smallest absolute Gasteiger partial charge is 0.237 e. The SMILES string of the molecule is CCCCOCCCNC(=O)C1CCCCCN1. The number of carbonyl (C=O) groups excluding carboxylic acids is 1. The van der Waals surface area contributed by atoms with Crippen LogP contribution in [0.1, 0.15) is 51.9 Å². The molecule has 0 aromatic carbocycles. The van der Waals surface area contributed by atoms with E-state index in [4.69, 9.17) is 4.74 Å². The van der Waals surface area contributed by atoms with Crippen molar-refractivity contribution in [3.63, 3.8) is 0 Å². The van der Waals surface area contributed by atoms with E-state index in [9.17, 15) is 4.79 Å².